The van der Waals surface area contributed by atoms with Crippen molar-refractivity contribution >= 4 is 5.82 Å². The molecule has 0 bridgehead atoms. The summed E-state index contributed by atoms with van der Waals surface area (Å²) >= 11 is 0. The first-order chi connectivity index (χ1) is 7.19. The molecule has 1 aromatic rings. The van der Waals surface area contributed by atoms with Crippen LogP contribution in [0.1, 0.15) is 44.5 Å². The van der Waals surface area contributed by atoms with Crippen molar-refractivity contribution in [3.05, 3.63) is 21.7 Å². The second-order valence-corrected chi connectivity index (χ2v) is 3.73. The van der Waals surface area contributed by atoms with E-state index in [1.807, 2.05) is 6.92 Å². The highest BCUT2D eigenvalue weighted by Crippen LogP contribution is 2.06. The van der Waals surface area contributed by atoms with Crippen molar-refractivity contribution in [2.75, 3.05) is 5.73 Å². The predicted molar refractivity (Wildman–Crippen MR) is 61.9 cm³/mol. The van der Waals surface area contributed by atoms with Gasteiger partial charge in [-0.05, 0) is 12.8 Å². The van der Waals surface area contributed by atoms with E-state index < -0.39 is 0 Å². The van der Waals surface area contributed by atoms with Gasteiger partial charge in [-0.15, -0.1) is 0 Å². The fraction of sp³-hybridized carbons (Fsp3) is 0.636. The van der Waals surface area contributed by atoms with Gasteiger partial charge in [-0.2, -0.15) is 0 Å². The monoisotopic (exact) mass is 209 g/mol. The first-order valence-corrected chi connectivity index (χ1v) is 5.56. The van der Waals surface area contributed by atoms with Crippen LogP contribution in [-0.2, 0) is 12.8 Å². The van der Waals surface area contributed by atoms with Crippen LogP contribution in [0, 0.1) is 0 Å². The number of aromatic amines is 1. The van der Waals surface area contributed by atoms with Crippen LogP contribution in [0.4, 0.5) is 5.82 Å². The molecular formula is C11H19N3O. The molecule has 0 saturated carbocycles. The van der Waals surface area contributed by atoms with Crippen LogP contribution in [0.15, 0.2) is 4.79 Å². The third-order valence-corrected chi connectivity index (χ3v) is 2.36. The number of unbranched alkanes of at least 4 members (excludes halogenated alkanes) is 1. The van der Waals surface area contributed by atoms with Gasteiger partial charge in [0.2, 0.25) is 0 Å². The summed E-state index contributed by atoms with van der Waals surface area (Å²) in [6.45, 7) is 4.12. The molecule has 4 heteroatoms. The van der Waals surface area contributed by atoms with Crippen molar-refractivity contribution < 1.29 is 0 Å². The zero-order chi connectivity index (χ0) is 11.3. The van der Waals surface area contributed by atoms with Crippen LogP contribution < -0.4 is 11.3 Å². The van der Waals surface area contributed by atoms with Gasteiger partial charge < -0.3 is 10.7 Å². The molecule has 15 heavy (non-hydrogen) atoms. The third kappa shape index (κ3) is 3.08. The molecule has 0 atom stereocenters. The van der Waals surface area contributed by atoms with Crippen LogP contribution in [0.2, 0.25) is 0 Å². The Hall–Kier alpha value is -1.32. The van der Waals surface area contributed by atoms with E-state index in [0.29, 0.717) is 23.6 Å². The minimum absolute atomic E-state index is 0.0737. The van der Waals surface area contributed by atoms with Crippen molar-refractivity contribution in [2.45, 2.75) is 46.0 Å². The average molecular weight is 209 g/mol. The summed E-state index contributed by atoms with van der Waals surface area (Å²) in [5.74, 6) is 1.10. The summed E-state index contributed by atoms with van der Waals surface area (Å²) in [5.41, 5.74) is 6.30. The van der Waals surface area contributed by atoms with E-state index in [9.17, 15) is 4.79 Å². The summed E-state index contributed by atoms with van der Waals surface area (Å²) in [6.07, 6.45) is 4.50. The molecule has 1 rings (SSSR count). The van der Waals surface area contributed by atoms with Crippen molar-refractivity contribution in [1.29, 1.82) is 0 Å². The van der Waals surface area contributed by atoms with Gasteiger partial charge in [0.05, 0.1) is 5.56 Å². The van der Waals surface area contributed by atoms with Gasteiger partial charge in [-0.25, -0.2) is 4.98 Å². The quantitative estimate of drug-likeness (QED) is 0.774. The SMILES string of the molecule is CCCCc1nc(N)c(CCC)c(=O)[nH]1. The van der Waals surface area contributed by atoms with Gasteiger partial charge in [0.25, 0.3) is 5.56 Å². The Morgan fingerprint density at radius 3 is 2.53 bits per heavy atom. The summed E-state index contributed by atoms with van der Waals surface area (Å²) in [5, 5.41) is 0. The van der Waals surface area contributed by atoms with Crippen LogP contribution in [0.25, 0.3) is 0 Å². The Morgan fingerprint density at radius 2 is 2.00 bits per heavy atom. The minimum Gasteiger partial charge on any atom is -0.383 e. The van der Waals surface area contributed by atoms with Crippen LogP contribution in [0.3, 0.4) is 0 Å². The minimum atomic E-state index is -0.0737. The number of nitrogens with zero attached hydrogens (tertiary/aromatic N) is 1. The normalized spacial score (nSPS) is 10.5. The van der Waals surface area contributed by atoms with E-state index in [0.717, 1.165) is 25.7 Å². The molecule has 0 amide bonds. The number of rotatable bonds is 5. The first-order valence-electron chi connectivity index (χ1n) is 5.56. The summed E-state index contributed by atoms with van der Waals surface area (Å²) < 4.78 is 0. The Morgan fingerprint density at radius 1 is 1.27 bits per heavy atom. The van der Waals surface area contributed by atoms with Crippen LogP contribution >= 0.6 is 0 Å². The number of aromatic nitrogens is 2. The van der Waals surface area contributed by atoms with E-state index in [-0.39, 0.29) is 5.56 Å². The number of hydrogen-bond donors (Lipinski definition) is 2. The Balaban J connectivity index is 2.92. The number of H-pyrrole nitrogens is 1. The average Bonchev–Trinajstić information content (AvgIpc) is 2.20. The molecule has 0 aromatic carbocycles. The molecule has 0 radical (unpaired) electrons. The van der Waals surface area contributed by atoms with Crippen molar-refractivity contribution in [1.82, 2.24) is 9.97 Å². The first kappa shape index (κ1) is 11.8. The lowest BCUT2D eigenvalue weighted by molar-refractivity contribution is 0.743. The summed E-state index contributed by atoms with van der Waals surface area (Å²) in [4.78, 5) is 18.6. The van der Waals surface area contributed by atoms with Crippen LogP contribution in [0.5, 0.6) is 0 Å². The maximum absolute atomic E-state index is 11.6. The lowest BCUT2D eigenvalue weighted by Crippen LogP contribution is -2.19. The Bertz CT molecular complexity index is 371. The maximum atomic E-state index is 11.6. The summed E-state index contributed by atoms with van der Waals surface area (Å²) in [6, 6.07) is 0. The van der Waals surface area contributed by atoms with Gasteiger partial charge >= 0.3 is 0 Å². The fourth-order valence-electron chi connectivity index (χ4n) is 1.52. The van der Waals surface area contributed by atoms with Gasteiger partial charge in [-0.1, -0.05) is 26.7 Å². The lowest BCUT2D eigenvalue weighted by atomic mass is 10.1. The molecule has 84 valence electrons. The number of nitrogens with one attached hydrogen (secondary N) is 1. The van der Waals surface area contributed by atoms with Gasteiger partial charge in [0.15, 0.2) is 0 Å². The largest absolute Gasteiger partial charge is 0.383 e. The second kappa shape index (κ2) is 5.53. The number of nitrogens with two attached hydrogens (primary N) is 1. The fourth-order valence-corrected chi connectivity index (χ4v) is 1.52. The standard InChI is InChI=1S/C11H19N3O/c1-3-5-7-9-13-10(12)8(6-4-2)11(15)14-9/h3-7H2,1-2H3,(H3,12,13,14,15). The van der Waals surface area contributed by atoms with E-state index in [1.165, 1.54) is 0 Å². The number of aryl methyl sites for hydroxylation is 1. The summed E-state index contributed by atoms with van der Waals surface area (Å²) in [7, 11) is 0. The number of nitrogen functional groups attached to an aromatic ring is 1. The molecule has 0 aliphatic rings. The molecule has 1 aromatic heterocycles. The molecular weight excluding hydrogens is 190 g/mol. The maximum Gasteiger partial charge on any atom is 0.256 e. The molecule has 0 saturated heterocycles. The lowest BCUT2D eigenvalue weighted by Gasteiger charge is -2.05. The van der Waals surface area contributed by atoms with Crippen LogP contribution in [-0.4, -0.2) is 9.97 Å². The van der Waals surface area contributed by atoms with Crippen molar-refractivity contribution in [2.24, 2.45) is 0 Å². The second-order valence-electron chi connectivity index (χ2n) is 3.73. The third-order valence-electron chi connectivity index (χ3n) is 2.36. The molecule has 4 nitrogen and oxygen atoms in total. The zero-order valence-corrected chi connectivity index (χ0v) is 9.47. The highest BCUT2D eigenvalue weighted by molar-refractivity contribution is 5.37. The topological polar surface area (TPSA) is 71.8 Å². The molecule has 1 heterocycles. The van der Waals surface area contributed by atoms with E-state index >= 15 is 0 Å². The van der Waals surface area contributed by atoms with Crippen molar-refractivity contribution in [3.8, 4) is 0 Å². The van der Waals surface area contributed by atoms with Crippen molar-refractivity contribution in [3.63, 3.8) is 0 Å². The zero-order valence-electron chi connectivity index (χ0n) is 9.47. The number of hydrogen-bond acceptors (Lipinski definition) is 3. The molecule has 0 aliphatic carbocycles. The number of anilines is 1. The predicted octanol–water partition coefficient (Wildman–Crippen LogP) is 1.65. The van der Waals surface area contributed by atoms with E-state index in [1.54, 1.807) is 0 Å². The highest BCUT2D eigenvalue weighted by Gasteiger charge is 2.07. The highest BCUT2D eigenvalue weighted by atomic mass is 16.1. The molecule has 3 N–H and O–H groups in total. The van der Waals surface area contributed by atoms with E-state index in [4.69, 9.17) is 5.73 Å². The molecule has 0 spiro atoms. The van der Waals surface area contributed by atoms with E-state index in [2.05, 4.69) is 16.9 Å². The smallest absolute Gasteiger partial charge is 0.256 e. The van der Waals surface area contributed by atoms with Gasteiger partial charge in [0.1, 0.15) is 11.6 Å². The Kier molecular flexibility index (Phi) is 4.34. The Labute approximate surface area is 89.9 Å². The molecule has 0 fully saturated rings. The van der Waals surface area contributed by atoms with Gasteiger partial charge in [-0.3, -0.25) is 4.79 Å². The van der Waals surface area contributed by atoms with Gasteiger partial charge in [0, 0.05) is 6.42 Å². The molecule has 0 aliphatic heterocycles. The molecule has 0 unspecified atom stereocenters.